The van der Waals surface area contributed by atoms with Gasteiger partial charge in [0.15, 0.2) is 0 Å². The molecule has 0 saturated heterocycles. The molecule has 1 aliphatic heterocycles. The highest BCUT2D eigenvalue weighted by molar-refractivity contribution is 7.71. The summed E-state index contributed by atoms with van der Waals surface area (Å²) in [6.07, 6.45) is 3.83. The Bertz CT molecular complexity index is 391. The maximum atomic E-state index is 5.13. The van der Waals surface area contributed by atoms with E-state index in [4.69, 9.17) is 12.2 Å². The quantitative estimate of drug-likeness (QED) is 0.587. The van der Waals surface area contributed by atoms with Gasteiger partial charge in [0.2, 0.25) is 0 Å². The van der Waals surface area contributed by atoms with Gasteiger partial charge in [-0.25, -0.2) is 0 Å². The lowest BCUT2D eigenvalue weighted by molar-refractivity contribution is 1.32. The topological polar surface area (TPSA) is 15.8 Å². The van der Waals surface area contributed by atoms with Crippen LogP contribution in [0, 0.1) is 4.51 Å². The molecule has 54 valence electrons. The predicted molar refractivity (Wildman–Crippen MR) is 48.2 cm³/mol. The molecule has 1 nitrogen and oxygen atoms in total. The number of pyridine rings is 1. The van der Waals surface area contributed by atoms with Crippen LogP contribution in [0.2, 0.25) is 0 Å². The van der Waals surface area contributed by atoms with Crippen LogP contribution in [-0.2, 0) is 0 Å². The normalized spacial score (nSPS) is 10.2. The van der Waals surface area contributed by atoms with E-state index in [1.54, 1.807) is 0 Å². The molecule has 0 bridgehead atoms. The molecule has 1 heterocycles. The number of aromatic nitrogens is 1. The number of benzene rings is 1. The molecule has 1 aliphatic carbocycles. The summed E-state index contributed by atoms with van der Waals surface area (Å²) in [5, 5.41) is 0. The minimum Gasteiger partial charge on any atom is -0.367 e. The second-order valence-corrected chi connectivity index (χ2v) is 2.84. The summed E-state index contributed by atoms with van der Waals surface area (Å²) in [5.74, 6) is 0. The molecule has 2 aliphatic rings. The third kappa shape index (κ3) is 1.05. The van der Waals surface area contributed by atoms with Gasteiger partial charge in [0, 0.05) is 22.5 Å². The zero-order chi connectivity index (χ0) is 7.68. The molecule has 11 heavy (non-hydrogen) atoms. The van der Waals surface area contributed by atoms with Crippen LogP contribution in [0.4, 0.5) is 0 Å². The molecular weight excluding hydrogens is 154 g/mol. The van der Waals surface area contributed by atoms with Crippen molar-refractivity contribution in [2.24, 2.45) is 0 Å². The van der Waals surface area contributed by atoms with Crippen LogP contribution in [-0.4, -0.2) is 4.98 Å². The minimum absolute atomic E-state index is 0.902. The lowest BCUT2D eigenvalue weighted by atomic mass is 10.1. The lowest BCUT2D eigenvalue weighted by Crippen LogP contribution is -1.81. The van der Waals surface area contributed by atoms with Crippen molar-refractivity contribution in [3.63, 3.8) is 0 Å². The van der Waals surface area contributed by atoms with Gasteiger partial charge in [0.25, 0.3) is 0 Å². The van der Waals surface area contributed by atoms with Crippen molar-refractivity contribution in [1.82, 2.24) is 4.98 Å². The number of rotatable bonds is 0. The third-order valence-corrected chi connectivity index (χ3v) is 2.04. The first-order valence-corrected chi connectivity index (χ1v) is 3.84. The van der Waals surface area contributed by atoms with E-state index in [0.29, 0.717) is 0 Å². The summed E-state index contributed by atoms with van der Waals surface area (Å²) >= 11 is 5.13. The average molecular weight is 161 g/mol. The van der Waals surface area contributed by atoms with Gasteiger partial charge >= 0.3 is 0 Å². The monoisotopic (exact) mass is 161 g/mol. The highest BCUT2D eigenvalue weighted by Gasteiger charge is 1.98. The van der Waals surface area contributed by atoms with Crippen molar-refractivity contribution in [3.05, 3.63) is 41.2 Å². The molecule has 1 N–H and O–H groups in total. The molecule has 0 aromatic rings. The summed E-state index contributed by atoms with van der Waals surface area (Å²) < 4.78 is 0.902. The minimum atomic E-state index is 0.902. The van der Waals surface area contributed by atoms with Crippen molar-refractivity contribution in [1.29, 1.82) is 0 Å². The number of hydrogen-bond acceptors (Lipinski definition) is 1. The first kappa shape index (κ1) is 6.55. The molecule has 0 atom stereocenters. The highest BCUT2D eigenvalue weighted by Crippen LogP contribution is 2.20. The van der Waals surface area contributed by atoms with Gasteiger partial charge in [-0.1, -0.05) is 24.4 Å². The maximum absolute atomic E-state index is 5.13. The Kier molecular flexibility index (Phi) is 1.47. The zero-order valence-electron chi connectivity index (χ0n) is 5.87. The molecular formula is C9H7NS. The molecule has 0 aromatic carbocycles. The van der Waals surface area contributed by atoms with Crippen molar-refractivity contribution in [2.75, 3.05) is 0 Å². The smallest absolute Gasteiger partial charge is 0.0470 e. The molecule has 0 aromatic heterocycles. The van der Waals surface area contributed by atoms with Crippen molar-refractivity contribution < 1.29 is 0 Å². The first-order chi connectivity index (χ1) is 5.38. The summed E-state index contributed by atoms with van der Waals surface area (Å²) in [5.41, 5.74) is 2.31. The Hall–Kier alpha value is -1.15. The number of nitrogens with one attached hydrogen (secondary N) is 1. The third-order valence-electron chi connectivity index (χ3n) is 1.69. The van der Waals surface area contributed by atoms with Crippen molar-refractivity contribution in [3.8, 4) is 11.1 Å². The fraction of sp³-hybridized carbons (Fsp3) is 0. The van der Waals surface area contributed by atoms with E-state index in [1.165, 1.54) is 5.56 Å². The fourth-order valence-corrected chi connectivity index (χ4v) is 1.39. The molecule has 2 heteroatoms. The summed E-state index contributed by atoms with van der Waals surface area (Å²) in [6.45, 7) is 0. The van der Waals surface area contributed by atoms with Gasteiger partial charge < -0.3 is 4.98 Å². The Morgan fingerprint density at radius 2 is 2.09 bits per heavy atom. The van der Waals surface area contributed by atoms with E-state index >= 15 is 0 Å². The van der Waals surface area contributed by atoms with Gasteiger partial charge in [-0.15, -0.1) is 0 Å². The fourth-order valence-electron chi connectivity index (χ4n) is 1.13. The van der Waals surface area contributed by atoms with Crippen LogP contribution >= 0.6 is 12.2 Å². The second kappa shape index (κ2) is 2.47. The van der Waals surface area contributed by atoms with E-state index in [2.05, 4.69) is 11.1 Å². The molecule has 0 radical (unpaired) electrons. The van der Waals surface area contributed by atoms with Crippen LogP contribution < -0.4 is 0 Å². The van der Waals surface area contributed by atoms with Gasteiger partial charge in [-0.2, -0.15) is 0 Å². The van der Waals surface area contributed by atoms with Gasteiger partial charge in [-0.3, -0.25) is 0 Å². The van der Waals surface area contributed by atoms with Gasteiger partial charge in [-0.05, 0) is 17.7 Å². The van der Waals surface area contributed by atoms with Crippen LogP contribution in [0.25, 0.3) is 11.1 Å². The van der Waals surface area contributed by atoms with Crippen LogP contribution in [0.1, 0.15) is 0 Å². The lowest BCUT2D eigenvalue weighted by Gasteiger charge is -2.01. The number of hydrogen-bond donors (Lipinski definition) is 1. The van der Waals surface area contributed by atoms with Crippen molar-refractivity contribution >= 4 is 12.2 Å². The van der Waals surface area contributed by atoms with Crippen LogP contribution in [0.15, 0.2) is 36.7 Å². The van der Waals surface area contributed by atoms with E-state index in [1.807, 2.05) is 30.6 Å². The number of aromatic amines is 1. The summed E-state index contributed by atoms with van der Waals surface area (Å²) in [4.78, 5) is 3.01. The first-order valence-electron chi connectivity index (χ1n) is 3.44. The van der Waals surface area contributed by atoms with Gasteiger partial charge in [0.05, 0.1) is 0 Å². The van der Waals surface area contributed by atoms with Crippen LogP contribution in [0.5, 0.6) is 0 Å². The number of fused-ring (bicyclic) bond motifs is 1. The predicted octanol–water partition coefficient (Wildman–Crippen LogP) is 2.85. The standard InChI is InChI=1S/C9H7NS/c11-9-3-1-2-7-4-5-10-6-8(7)9/h1-6,10H. The SMILES string of the molecule is S=c1cccc2cc[nH]cc1-2. The largest absolute Gasteiger partial charge is 0.367 e. The Morgan fingerprint density at radius 1 is 1.18 bits per heavy atom. The molecule has 0 unspecified atom stereocenters. The van der Waals surface area contributed by atoms with Crippen LogP contribution in [0.3, 0.4) is 0 Å². The van der Waals surface area contributed by atoms with E-state index in [-0.39, 0.29) is 0 Å². The Balaban J connectivity index is 2.90. The molecule has 0 fully saturated rings. The molecule has 0 amide bonds. The highest BCUT2D eigenvalue weighted by atomic mass is 32.1. The molecule has 0 saturated carbocycles. The zero-order valence-corrected chi connectivity index (χ0v) is 6.69. The Morgan fingerprint density at radius 3 is 2.91 bits per heavy atom. The van der Waals surface area contributed by atoms with E-state index in [0.717, 1.165) is 10.1 Å². The van der Waals surface area contributed by atoms with Gasteiger partial charge in [0.1, 0.15) is 0 Å². The molecule has 0 spiro atoms. The number of H-pyrrole nitrogens is 1. The average Bonchev–Trinajstić information content (AvgIpc) is 2.06. The second-order valence-electron chi connectivity index (χ2n) is 2.40. The maximum Gasteiger partial charge on any atom is 0.0470 e. The van der Waals surface area contributed by atoms with E-state index in [9.17, 15) is 0 Å². The van der Waals surface area contributed by atoms with E-state index < -0.39 is 0 Å². The Labute approximate surface area is 70.0 Å². The summed E-state index contributed by atoms with van der Waals surface area (Å²) in [7, 11) is 0. The van der Waals surface area contributed by atoms with Crippen molar-refractivity contribution in [2.45, 2.75) is 0 Å². The molecule has 2 rings (SSSR count). The summed E-state index contributed by atoms with van der Waals surface area (Å²) in [6, 6.07) is 7.99.